The quantitative estimate of drug-likeness (QED) is 0.197. The molecular formula is C32H27NO4S. The number of carboxylic acid groups (broad SMARTS) is 1. The van der Waals surface area contributed by atoms with Crippen molar-refractivity contribution in [1.29, 1.82) is 0 Å². The number of hydrogen-bond acceptors (Lipinski definition) is 4. The third-order valence-electron chi connectivity index (χ3n) is 6.86. The third kappa shape index (κ3) is 4.75. The lowest BCUT2D eigenvalue weighted by molar-refractivity contribution is -0.136. The maximum absolute atomic E-state index is 12.8. The Labute approximate surface area is 226 Å². The van der Waals surface area contributed by atoms with E-state index in [1.165, 1.54) is 16.7 Å². The highest BCUT2D eigenvalue weighted by atomic mass is 32.2. The molecule has 1 aliphatic heterocycles. The van der Waals surface area contributed by atoms with Gasteiger partial charge in [-0.1, -0.05) is 103 Å². The molecule has 1 unspecified atom stereocenters. The fourth-order valence-electron chi connectivity index (χ4n) is 5.05. The number of aliphatic carboxylic acids is 1. The topological polar surface area (TPSA) is 74.7 Å². The Morgan fingerprint density at radius 1 is 0.684 bits per heavy atom. The van der Waals surface area contributed by atoms with E-state index in [0.29, 0.717) is 24.0 Å². The van der Waals surface area contributed by atoms with Crippen molar-refractivity contribution in [3.05, 3.63) is 143 Å². The molecule has 0 radical (unpaired) electrons. The molecule has 0 bridgehead atoms. The summed E-state index contributed by atoms with van der Waals surface area (Å²) in [5, 5.41) is 9.56. The highest BCUT2D eigenvalue weighted by Gasteiger charge is 2.41. The van der Waals surface area contributed by atoms with Gasteiger partial charge in [0, 0.05) is 6.54 Å². The Balaban J connectivity index is 1.46. The van der Waals surface area contributed by atoms with Gasteiger partial charge in [-0.05, 0) is 41.7 Å². The SMILES string of the molecule is O=C(O)C(CCCN1C(=O)c2ccccc2C1=O)SC(c1ccccc1)(c1ccccc1)c1ccccc1. The molecule has 1 aliphatic rings. The third-order valence-corrected chi connectivity index (χ3v) is 8.64. The van der Waals surface area contributed by atoms with E-state index >= 15 is 0 Å². The summed E-state index contributed by atoms with van der Waals surface area (Å²) in [5.41, 5.74) is 3.74. The molecule has 0 aliphatic carbocycles. The maximum Gasteiger partial charge on any atom is 0.316 e. The number of carbonyl (C=O) groups is 3. The number of thioether (sulfide) groups is 1. The van der Waals surface area contributed by atoms with Crippen LogP contribution in [0.5, 0.6) is 0 Å². The molecule has 0 saturated carbocycles. The second-order valence-electron chi connectivity index (χ2n) is 9.17. The molecule has 0 saturated heterocycles. The van der Waals surface area contributed by atoms with Crippen molar-refractivity contribution in [2.75, 3.05) is 6.54 Å². The van der Waals surface area contributed by atoms with Gasteiger partial charge in [-0.3, -0.25) is 19.3 Å². The molecule has 0 fully saturated rings. The summed E-state index contributed by atoms with van der Waals surface area (Å²) in [7, 11) is 0. The molecule has 1 N–H and O–H groups in total. The smallest absolute Gasteiger partial charge is 0.316 e. The lowest BCUT2D eigenvalue weighted by atomic mass is 9.84. The fraction of sp³-hybridized carbons (Fsp3) is 0.156. The highest BCUT2D eigenvalue weighted by Crippen LogP contribution is 2.51. The van der Waals surface area contributed by atoms with E-state index in [1.54, 1.807) is 24.3 Å². The number of nitrogens with zero attached hydrogens (tertiary/aromatic N) is 1. The number of carboxylic acids is 1. The van der Waals surface area contributed by atoms with Crippen molar-refractivity contribution >= 4 is 29.5 Å². The minimum absolute atomic E-state index is 0.172. The first-order valence-electron chi connectivity index (χ1n) is 12.5. The summed E-state index contributed by atoms with van der Waals surface area (Å²) in [6.07, 6.45) is 0.672. The van der Waals surface area contributed by atoms with Gasteiger partial charge >= 0.3 is 5.97 Å². The molecule has 1 atom stereocenters. The van der Waals surface area contributed by atoms with Crippen LogP contribution in [0.3, 0.4) is 0 Å². The van der Waals surface area contributed by atoms with Crippen LogP contribution in [-0.4, -0.2) is 39.6 Å². The zero-order valence-corrected chi connectivity index (χ0v) is 21.5. The van der Waals surface area contributed by atoms with E-state index in [0.717, 1.165) is 16.7 Å². The van der Waals surface area contributed by atoms with Crippen molar-refractivity contribution in [1.82, 2.24) is 4.90 Å². The average Bonchev–Trinajstić information content (AvgIpc) is 3.21. The van der Waals surface area contributed by atoms with Crippen molar-refractivity contribution in [2.45, 2.75) is 22.8 Å². The second-order valence-corrected chi connectivity index (χ2v) is 10.6. The molecule has 0 spiro atoms. The van der Waals surface area contributed by atoms with E-state index in [4.69, 9.17) is 0 Å². The highest BCUT2D eigenvalue weighted by molar-refractivity contribution is 8.01. The lowest BCUT2D eigenvalue weighted by Crippen LogP contribution is -2.33. The monoisotopic (exact) mass is 521 g/mol. The Kier molecular flexibility index (Phi) is 7.43. The van der Waals surface area contributed by atoms with Crippen molar-refractivity contribution in [3.8, 4) is 0 Å². The molecular weight excluding hydrogens is 494 g/mol. The number of hydrogen-bond donors (Lipinski definition) is 1. The van der Waals surface area contributed by atoms with E-state index in [9.17, 15) is 19.5 Å². The van der Waals surface area contributed by atoms with Gasteiger partial charge in [0.1, 0.15) is 5.25 Å². The minimum atomic E-state index is -0.926. The summed E-state index contributed by atoms with van der Waals surface area (Å²) >= 11 is 1.39. The van der Waals surface area contributed by atoms with E-state index in [-0.39, 0.29) is 18.4 Å². The van der Waals surface area contributed by atoms with E-state index in [2.05, 4.69) is 0 Å². The summed E-state index contributed by atoms with van der Waals surface area (Å²) in [6, 6.07) is 36.6. The molecule has 2 amide bonds. The maximum atomic E-state index is 12.8. The lowest BCUT2D eigenvalue weighted by Gasteiger charge is -2.37. The predicted octanol–water partition coefficient (Wildman–Crippen LogP) is 6.24. The van der Waals surface area contributed by atoms with Gasteiger partial charge < -0.3 is 5.11 Å². The Morgan fingerprint density at radius 3 is 1.47 bits per heavy atom. The van der Waals surface area contributed by atoms with Crippen LogP contribution < -0.4 is 0 Å². The molecule has 190 valence electrons. The van der Waals surface area contributed by atoms with Crippen LogP contribution in [0.15, 0.2) is 115 Å². The number of amides is 2. The summed E-state index contributed by atoms with van der Waals surface area (Å²) in [6.45, 7) is 0.172. The first kappa shape index (κ1) is 25.5. The Bertz CT molecular complexity index is 1310. The van der Waals surface area contributed by atoms with Crippen LogP contribution >= 0.6 is 11.8 Å². The molecule has 4 aromatic rings. The normalized spacial score (nSPS) is 13.8. The van der Waals surface area contributed by atoms with Gasteiger partial charge in [-0.25, -0.2) is 0 Å². The number of fused-ring (bicyclic) bond motifs is 1. The molecule has 1 heterocycles. The number of carbonyl (C=O) groups excluding carboxylic acids is 2. The van der Waals surface area contributed by atoms with Crippen LogP contribution in [0.25, 0.3) is 0 Å². The summed E-state index contributed by atoms with van der Waals surface area (Å²) < 4.78 is -0.775. The molecule has 5 nitrogen and oxygen atoms in total. The Morgan fingerprint density at radius 2 is 1.08 bits per heavy atom. The number of rotatable bonds is 10. The molecule has 38 heavy (non-hydrogen) atoms. The molecule has 5 rings (SSSR count). The predicted molar refractivity (Wildman–Crippen MR) is 149 cm³/mol. The largest absolute Gasteiger partial charge is 0.480 e. The standard InChI is InChI=1S/C32H27NO4S/c34-29-26-19-10-11-20-27(26)30(35)33(29)22-12-21-28(31(36)37)38-32(23-13-4-1-5-14-23,24-15-6-2-7-16-24)25-17-8-3-9-18-25/h1-11,13-20,28H,12,21-22H2,(H,36,37). The number of imide groups is 1. The molecule has 0 aromatic heterocycles. The van der Waals surface area contributed by atoms with E-state index in [1.807, 2.05) is 91.0 Å². The van der Waals surface area contributed by atoms with Gasteiger partial charge in [0.2, 0.25) is 0 Å². The van der Waals surface area contributed by atoms with E-state index < -0.39 is 16.0 Å². The van der Waals surface area contributed by atoms with Crippen molar-refractivity contribution < 1.29 is 19.5 Å². The van der Waals surface area contributed by atoms with Crippen LogP contribution in [0.2, 0.25) is 0 Å². The Hall–Kier alpha value is -4.16. The van der Waals surface area contributed by atoms with Gasteiger partial charge in [0.15, 0.2) is 0 Å². The zero-order chi connectivity index (χ0) is 26.5. The van der Waals surface area contributed by atoms with Crippen molar-refractivity contribution in [3.63, 3.8) is 0 Å². The average molecular weight is 522 g/mol. The first-order valence-corrected chi connectivity index (χ1v) is 13.4. The first-order chi connectivity index (χ1) is 18.5. The summed E-state index contributed by atoms with van der Waals surface area (Å²) in [4.78, 5) is 39.4. The molecule has 4 aromatic carbocycles. The van der Waals surface area contributed by atoms with Gasteiger partial charge in [0.25, 0.3) is 11.8 Å². The van der Waals surface area contributed by atoms with Gasteiger partial charge in [0.05, 0.1) is 15.9 Å². The zero-order valence-electron chi connectivity index (χ0n) is 20.7. The van der Waals surface area contributed by atoms with Gasteiger partial charge in [-0.2, -0.15) is 0 Å². The van der Waals surface area contributed by atoms with Crippen LogP contribution in [0.1, 0.15) is 50.2 Å². The van der Waals surface area contributed by atoms with Gasteiger partial charge in [-0.15, -0.1) is 11.8 Å². The number of benzene rings is 4. The second kappa shape index (κ2) is 11.1. The van der Waals surface area contributed by atoms with Crippen LogP contribution in [-0.2, 0) is 9.54 Å². The van der Waals surface area contributed by atoms with Crippen LogP contribution in [0, 0.1) is 0 Å². The summed E-state index contributed by atoms with van der Waals surface area (Å²) in [5.74, 6) is -1.57. The fourth-order valence-corrected chi connectivity index (χ4v) is 6.67. The van der Waals surface area contributed by atoms with Crippen molar-refractivity contribution in [2.24, 2.45) is 0 Å². The minimum Gasteiger partial charge on any atom is -0.480 e. The molecule has 6 heteroatoms. The van der Waals surface area contributed by atoms with Crippen LogP contribution in [0.4, 0.5) is 0 Å².